The van der Waals surface area contributed by atoms with E-state index in [-0.39, 0.29) is 5.91 Å². The summed E-state index contributed by atoms with van der Waals surface area (Å²) in [6, 6.07) is 12.7. The van der Waals surface area contributed by atoms with E-state index in [0.29, 0.717) is 10.5 Å². The van der Waals surface area contributed by atoms with Gasteiger partial charge in [0.2, 0.25) is 0 Å². The van der Waals surface area contributed by atoms with Gasteiger partial charge >= 0.3 is 0 Å². The van der Waals surface area contributed by atoms with Crippen molar-refractivity contribution < 1.29 is 9.00 Å². The van der Waals surface area contributed by atoms with Crippen LogP contribution in [0.4, 0.5) is 5.69 Å². The summed E-state index contributed by atoms with van der Waals surface area (Å²) >= 11 is 3.24. The van der Waals surface area contributed by atoms with Gasteiger partial charge in [-0.3, -0.25) is 9.00 Å². The average molecular weight is 403 g/mol. The molecule has 0 radical (unpaired) electrons. The smallest absolute Gasteiger partial charge is 0.255 e. The van der Waals surface area contributed by atoms with Crippen molar-refractivity contribution in [3.63, 3.8) is 0 Å². The second-order valence-corrected chi connectivity index (χ2v) is 9.32. The number of nitrogens with one attached hydrogen (secondary N) is 1. The molecule has 0 aliphatic carbocycles. The van der Waals surface area contributed by atoms with E-state index in [1.165, 1.54) is 0 Å². The summed E-state index contributed by atoms with van der Waals surface area (Å²) in [5.74, 6) is -0.183. The van der Waals surface area contributed by atoms with Crippen molar-refractivity contribution in [3.05, 3.63) is 64.7 Å². The number of benzene rings is 2. The highest BCUT2D eigenvalue weighted by Gasteiger charge is 2.10. The lowest BCUT2D eigenvalue weighted by atomic mass is 10.1. The Hall–Kier alpha value is -1.96. The molecule has 0 bridgehead atoms. The minimum Gasteiger partial charge on any atom is -0.322 e. The number of thiazole rings is 1. The summed E-state index contributed by atoms with van der Waals surface area (Å²) in [7, 11) is -1.05. The molecule has 0 aliphatic rings. The van der Waals surface area contributed by atoms with Crippen molar-refractivity contribution in [3.8, 4) is 0 Å². The van der Waals surface area contributed by atoms with Gasteiger partial charge in [0, 0.05) is 49.2 Å². The number of hydrogen-bond donors (Lipinski definition) is 1. The van der Waals surface area contributed by atoms with E-state index in [1.807, 2.05) is 37.4 Å². The highest BCUT2D eigenvalue weighted by Crippen LogP contribution is 2.32. The predicted molar refractivity (Wildman–Crippen MR) is 109 cm³/mol. The van der Waals surface area contributed by atoms with Crippen LogP contribution in [0.5, 0.6) is 0 Å². The van der Waals surface area contributed by atoms with Crippen LogP contribution in [0.1, 0.15) is 21.6 Å². The van der Waals surface area contributed by atoms with Crippen LogP contribution < -0.4 is 5.32 Å². The topological polar surface area (TPSA) is 59.1 Å². The van der Waals surface area contributed by atoms with Crippen molar-refractivity contribution in [2.24, 2.45) is 0 Å². The van der Waals surface area contributed by atoms with Crippen LogP contribution in [0.3, 0.4) is 0 Å². The molecule has 3 rings (SSSR count). The van der Waals surface area contributed by atoms with Gasteiger partial charge in [-0.05, 0) is 61.9 Å². The molecule has 4 nitrogen and oxygen atoms in total. The summed E-state index contributed by atoms with van der Waals surface area (Å²) in [6.45, 7) is 3.95. The maximum atomic E-state index is 12.4. The molecule has 1 heterocycles. The third kappa shape index (κ3) is 4.60. The zero-order chi connectivity index (χ0) is 18.7. The van der Waals surface area contributed by atoms with Crippen LogP contribution >= 0.6 is 23.1 Å². The van der Waals surface area contributed by atoms with Crippen LogP contribution in [0.2, 0.25) is 0 Å². The summed E-state index contributed by atoms with van der Waals surface area (Å²) in [6.07, 6.45) is 1.62. The van der Waals surface area contributed by atoms with E-state index in [9.17, 15) is 9.00 Å². The Morgan fingerprint density at radius 2 is 1.88 bits per heavy atom. The Balaban J connectivity index is 1.71. The molecule has 7 heteroatoms. The van der Waals surface area contributed by atoms with E-state index in [0.717, 1.165) is 26.2 Å². The largest absolute Gasteiger partial charge is 0.322 e. The van der Waals surface area contributed by atoms with Crippen molar-refractivity contribution in [1.82, 2.24) is 4.98 Å². The molecule has 0 saturated carbocycles. The summed E-state index contributed by atoms with van der Waals surface area (Å²) < 4.78 is 12.4. The molecule has 0 aliphatic heterocycles. The Bertz CT molecular complexity index is 965. The van der Waals surface area contributed by atoms with Crippen LogP contribution in [0, 0.1) is 13.8 Å². The molecule has 1 unspecified atom stereocenters. The summed E-state index contributed by atoms with van der Waals surface area (Å²) in [5, 5.41) is 4.96. The molecular weight excluding hydrogens is 384 g/mol. The van der Waals surface area contributed by atoms with Gasteiger partial charge in [0.25, 0.3) is 5.91 Å². The maximum absolute atomic E-state index is 12.4. The summed E-state index contributed by atoms with van der Waals surface area (Å²) in [5.41, 5.74) is 3.33. The highest BCUT2D eigenvalue weighted by atomic mass is 32.2. The fraction of sp³-hybridized carbons (Fsp3) is 0.158. The standard InChI is InChI=1S/C19H18N2O2S3/c1-12-10-15(25-19-20-13(2)11-24-19)6-9-17(12)21-18(22)14-4-7-16(8-5-14)26(3)23/h4-11H,1-3H3,(H,21,22). The number of hydrogen-bond acceptors (Lipinski definition) is 5. The molecule has 26 heavy (non-hydrogen) atoms. The average Bonchev–Trinajstić information content (AvgIpc) is 3.02. The second-order valence-electron chi connectivity index (χ2n) is 5.77. The van der Waals surface area contributed by atoms with Crippen molar-refractivity contribution in [2.75, 3.05) is 11.6 Å². The summed E-state index contributed by atoms with van der Waals surface area (Å²) in [4.78, 5) is 18.7. The number of aromatic nitrogens is 1. The normalized spacial score (nSPS) is 12.0. The molecular formula is C19H18N2O2S3. The quantitative estimate of drug-likeness (QED) is 0.659. The van der Waals surface area contributed by atoms with E-state index in [4.69, 9.17) is 0 Å². The van der Waals surface area contributed by atoms with Gasteiger partial charge in [-0.1, -0.05) is 11.8 Å². The number of carbonyl (C=O) groups is 1. The number of nitrogens with zero attached hydrogens (tertiary/aromatic N) is 1. The minimum absolute atomic E-state index is 0.183. The number of rotatable bonds is 5. The van der Waals surface area contributed by atoms with E-state index < -0.39 is 10.8 Å². The van der Waals surface area contributed by atoms with Crippen LogP contribution in [-0.4, -0.2) is 21.4 Å². The molecule has 2 aromatic carbocycles. The number of aryl methyl sites for hydroxylation is 2. The predicted octanol–water partition coefficient (Wildman–Crippen LogP) is 4.90. The van der Waals surface area contributed by atoms with Gasteiger partial charge in [-0.2, -0.15) is 0 Å². The Kier molecular flexibility index (Phi) is 5.90. The second kappa shape index (κ2) is 8.16. The Labute approximate surface area is 163 Å². The van der Waals surface area contributed by atoms with Gasteiger partial charge in [0.1, 0.15) is 0 Å². The van der Waals surface area contributed by atoms with Crippen LogP contribution in [0.25, 0.3) is 0 Å². The van der Waals surface area contributed by atoms with Crippen LogP contribution in [-0.2, 0) is 10.8 Å². The highest BCUT2D eigenvalue weighted by molar-refractivity contribution is 8.01. The lowest BCUT2D eigenvalue weighted by Crippen LogP contribution is -2.12. The molecule has 3 aromatic rings. The lowest BCUT2D eigenvalue weighted by Gasteiger charge is -2.10. The molecule has 1 amide bonds. The first-order valence-electron chi connectivity index (χ1n) is 7.88. The zero-order valence-electron chi connectivity index (χ0n) is 14.6. The van der Waals surface area contributed by atoms with Crippen LogP contribution in [0.15, 0.2) is 62.0 Å². The van der Waals surface area contributed by atoms with E-state index >= 15 is 0 Å². The van der Waals surface area contributed by atoms with Crippen molar-refractivity contribution >= 4 is 45.5 Å². The van der Waals surface area contributed by atoms with E-state index in [2.05, 4.69) is 10.3 Å². The van der Waals surface area contributed by atoms with Gasteiger partial charge < -0.3 is 5.32 Å². The maximum Gasteiger partial charge on any atom is 0.255 e. The number of carbonyl (C=O) groups excluding carboxylic acids is 1. The Morgan fingerprint density at radius 1 is 1.15 bits per heavy atom. The molecule has 0 spiro atoms. The first-order valence-corrected chi connectivity index (χ1v) is 11.1. The SMILES string of the molecule is Cc1csc(Sc2ccc(NC(=O)c3ccc(S(C)=O)cc3)c(C)c2)n1. The fourth-order valence-corrected chi connectivity index (χ4v) is 4.74. The molecule has 1 N–H and O–H groups in total. The zero-order valence-corrected chi connectivity index (χ0v) is 17.1. The van der Waals surface area contributed by atoms with E-state index in [1.54, 1.807) is 53.6 Å². The fourth-order valence-electron chi connectivity index (χ4n) is 2.31. The molecule has 1 atom stereocenters. The van der Waals surface area contributed by atoms with Crippen molar-refractivity contribution in [1.29, 1.82) is 0 Å². The van der Waals surface area contributed by atoms with Gasteiger partial charge in [0.05, 0.1) is 0 Å². The first kappa shape index (κ1) is 18.8. The third-order valence-corrected chi connectivity index (χ3v) is 6.68. The molecule has 1 aromatic heterocycles. The number of amides is 1. The lowest BCUT2D eigenvalue weighted by molar-refractivity contribution is 0.102. The monoisotopic (exact) mass is 402 g/mol. The minimum atomic E-state index is -1.05. The number of anilines is 1. The molecule has 0 saturated heterocycles. The van der Waals surface area contributed by atoms with Gasteiger partial charge in [-0.15, -0.1) is 11.3 Å². The molecule has 0 fully saturated rings. The first-order chi connectivity index (χ1) is 12.4. The Morgan fingerprint density at radius 3 is 2.46 bits per heavy atom. The van der Waals surface area contributed by atoms with Gasteiger partial charge in [0.15, 0.2) is 4.34 Å². The third-order valence-electron chi connectivity index (χ3n) is 3.70. The van der Waals surface area contributed by atoms with Gasteiger partial charge in [-0.25, -0.2) is 4.98 Å². The molecule has 134 valence electrons. The van der Waals surface area contributed by atoms with Crippen molar-refractivity contribution in [2.45, 2.75) is 28.0 Å².